The zero-order valence-electron chi connectivity index (χ0n) is 25.8. The first-order valence-corrected chi connectivity index (χ1v) is 14.5. The molecule has 0 N–H and O–H groups in total. The van der Waals surface area contributed by atoms with Crippen LogP contribution in [0.15, 0.2) is 78.0 Å². The molecule has 0 saturated heterocycles. The van der Waals surface area contributed by atoms with Crippen molar-refractivity contribution < 1.29 is 28.6 Å². The maximum Gasteiger partial charge on any atom is 0.336 e. The van der Waals surface area contributed by atoms with E-state index in [4.69, 9.17) is 14.2 Å². The summed E-state index contributed by atoms with van der Waals surface area (Å²) >= 11 is 0. The third kappa shape index (κ3) is 7.08. The van der Waals surface area contributed by atoms with E-state index >= 15 is 0 Å². The van der Waals surface area contributed by atoms with Crippen LogP contribution < -0.4 is 9.47 Å². The number of ether oxygens (including phenoxy) is 3. The van der Waals surface area contributed by atoms with Crippen molar-refractivity contribution in [3.05, 3.63) is 106 Å². The molecule has 1 atom stereocenters. The minimum absolute atomic E-state index is 0.0612. The van der Waals surface area contributed by atoms with Crippen molar-refractivity contribution in [1.29, 1.82) is 0 Å². The van der Waals surface area contributed by atoms with Gasteiger partial charge in [0, 0.05) is 37.2 Å². The van der Waals surface area contributed by atoms with Crippen LogP contribution in [0.3, 0.4) is 0 Å². The van der Waals surface area contributed by atoms with Gasteiger partial charge < -0.3 is 24.0 Å². The lowest BCUT2D eigenvalue weighted by molar-refractivity contribution is -0.140. The van der Waals surface area contributed by atoms with Crippen LogP contribution in [0.4, 0.5) is 0 Å². The summed E-state index contributed by atoms with van der Waals surface area (Å²) < 4.78 is 16.1. The molecule has 1 aliphatic heterocycles. The van der Waals surface area contributed by atoms with E-state index in [2.05, 4.69) is 0 Å². The number of carbonyl (C=O) groups is 3. The van der Waals surface area contributed by atoms with Crippen LogP contribution in [-0.4, -0.2) is 62.0 Å². The number of allylic oxidation sites excluding steroid dienone is 1. The molecule has 0 saturated carbocycles. The van der Waals surface area contributed by atoms with Gasteiger partial charge in [0.2, 0.25) is 5.91 Å². The smallest absolute Gasteiger partial charge is 0.336 e. The lowest BCUT2D eigenvalue weighted by Gasteiger charge is -2.35. The average Bonchev–Trinajstić information content (AvgIpc) is 3.01. The molecule has 1 unspecified atom stereocenters. The minimum Gasteiger partial charge on any atom is -0.493 e. The molecule has 0 bridgehead atoms. The molecule has 8 nitrogen and oxygen atoms in total. The predicted molar refractivity (Wildman–Crippen MR) is 165 cm³/mol. The summed E-state index contributed by atoms with van der Waals surface area (Å²) in [7, 11) is 4.97. The second-order valence-corrected chi connectivity index (χ2v) is 10.7. The zero-order valence-corrected chi connectivity index (χ0v) is 25.8. The molecule has 0 spiro atoms. The molecule has 0 radical (unpaired) electrons. The zero-order chi connectivity index (χ0) is 31.1. The van der Waals surface area contributed by atoms with E-state index in [1.165, 1.54) is 0 Å². The largest absolute Gasteiger partial charge is 0.493 e. The number of likely N-dealkylation sites (N-methyl/N-ethyl adjacent to an activating group) is 1. The Kier molecular flexibility index (Phi) is 10.2. The van der Waals surface area contributed by atoms with Gasteiger partial charge in [0.05, 0.1) is 32.9 Å². The summed E-state index contributed by atoms with van der Waals surface area (Å²) in [5.74, 6) is 0.399. The highest BCUT2D eigenvalue weighted by atomic mass is 16.5. The molecule has 3 aromatic carbocycles. The van der Waals surface area contributed by atoms with Crippen LogP contribution in [0.1, 0.15) is 58.8 Å². The van der Waals surface area contributed by atoms with E-state index < -0.39 is 5.97 Å². The summed E-state index contributed by atoms with van der Waals surface area (Å²) in [5, 5.41) is 0. The summed E-state index contributed by atoms with van der Waals surface area (Å²) in [6, 6.07) is 20.8. The van der Waals surface area contributed by atoms with Gasteiger partial charge in [-0.3, -0.25) is 9.59 Å². The Morgan fingerprint density at radius 1 is 0.930 bits per heavy atom. The summed E-state index contributed by atoms with van der Waals surface area (Å²) in [4.78, 5) is 43.0. The second-order valence-electron chi connectivity index (χ2n) is 10.7. The van der Waals surface area contributed by atoms with E-state index in [0.717, 1.165) is 22.3 Å². The number of aryl methyl sites for hydroxylation is 1. The van der Waals surface area contributed by atoms with Crippen LogP contribution in [0, 0.1) is 6.92 Å². The van der Waals surface area contributed by atoms with E-state index in [9.17, 15) is 14.4 Å². The van der Waals surface area contributed by atoms with Crippen LogP contribution in [0.2, 0.25) is 0 Å². The van der Waals surface area contributed by atoms with Crippen LogP contribution in [0.25, 0.3) is 0 Å². The first-order chi connectivity index (χ1) is 20.7. The number of methoxy groups -OCH3 is 2. The second kappa shape index (κ2) is 14.1. The van der Waals surface area contributed by atoms with Gasteiger partial charge in [0.15, 0.2) is 11.5 Å². The Bertz CT molecular complexity index is 1510. The monoisotopic (exact) mass is 584 g/mol. The highest BCUT2D eigenvalue weighted by Crippen LogP contribution is 2.39. The van der Waals surface area contributed by atoms with Crippen molar-refractivity contribution in [3.8, 4) is 11.5 Å². The normalized spacial score (nSPS) is 14.9. The number of benzene rings is 3. The van der Waals surface area contributed by atoms with Crippen molar-refractivity contribution in [2.45, 2.75) is 46.1 Å². The molecule has 2 amide bonds. The van der Waals surface area contributed by atoms with Crippen molar-refractivity contribution in [3.63, 3.8) is 0 Å². The fraction of sp³-hybridized carbons (Fsp3) is 0.343. The quantitative estimate of drug-likeness (QED) is 0.270. The Hall–Kier alpha value is -4.59. The van der Waals surface area contributed by atoms with Gasteiger partial charge in [-0.1, -0.05) is 42.5 Å². The van der Waals surface area contributed by atoms with Gasteiger partial charge in [-0.2, -0.15) is 0 Å². The molecule has 0 fully saturated rings. The Morgan fingerprint density at radius 2 is 1.60 bits per heavy atom. The lowest BCUT2D eigenvalue weighted by atomic mass is 9.81. The van der Waals surface area contributed by atoms with Crippen molar-refractivity contribution in [2.24, 2.45) is 0 Å². The van der Waals surface area contributed by atoms with Gasteiger partial charge in [-0.15, -0.1) is 0 Å². The Balaban J connectivity index is 1.47. The molecule has 0 aromatic heterocycles. The number of esters is 1. The fourth-order valence-corrected chi connectivity index (χ4v) is 5.51. The number of rotatable bonds is 11. The fourth-order valence-electron chi connectivity index (χ4n) is 5.51. The lowest BCUT2D eigenvalue weighted by Crippen LogP contribution is -2.38. The highest BCUT2D eigenvalue weighted by Gasteiger charge is 2.37. The number of amides is 2. The third-order valence-electron chi connectivity index (χ3n) is 7.95. The standard InChI is InChI=1S/C35H40N2O6/c1-7-43-35(40)33-24(3)37(32(38)21-29(33)28-11-9-8-10-23(28)2)22-26-12-15-27(16-13-26)34(39)36(4)19-18-25-14-17-30(41-5)31(20-25)42-6/h8-17,20,29H,7,18-19,21-22H2,1-6H3. The van der Waals surface area contributed by atoms with E-state index in [1.807, 2.05) is 61.5 Å². The van der Waals surface area contributed by atoms with Crippen molar-refractivity contribution in [1.82, 2.24) is 9.80 Å². The number of hydrogen-bond acceptors (Lipinski definition) is 6. The van der Waals surface area contributed by atoms with E-state index in [0.29, 0.717) is 41.3 Å². The molecular weight excluding hydrogens is 544 g/mol. The maximum absolute atomic E-state index is 13.4. The van der Waals surface area contributed by atoms with E-state index in [1.54, 1.807) is 57.0 Å². The summed E-state index contributed by atoms with van der Waals surface area (Å²) in [6.07, 6.45) is 0.841. The SMILES string of the molecule is CCOC(=O)C1=C(C)N(Cc2ccc(C(=O)N(C)CCc3ccc(OC)c(OC)c3)cc2)C(=O)CC1c1ccccc1C. The summed E-state index contributed by atoms with van der Waals surface area (Å²) in [6.45, 7) is 6.64. The highest BCUT2D eigenvalue weighted by molar-refractivity contribution is 5.96. The first-order valence-electron chi connectivity index (χ1n) is 14.5. The molecule has 4 rings (SSSR count). The van der Waals surface area contributed by atoms with Gasteiger partial charge in [-0.25, -0.2) is 4.79 Å². The minimum atomic E-state index is -0.400. The summed E-state index contributed by atoms with van der Waals surface area (Å²) in [5.41, 5.74) is 5.54. The Morgan fingerprint density at radius 3 is 2.26 bits per heavy atom. The molecule has 3 aromatic rings. The predicted octanol–water partition coefficient (Wildman–Crippen LogP) is 5.68. The third-order valence-corrected chi connectivity index (χ3v) is 7.95. The first kappa shape index (κ1) is 31.3. The topological polar surface area (TPSA) is 85.4 Å². The number of nitrogens with zero attached hydrogens (tertiary/aromatic N) is 2. The number of hydrogen-bond donors (Lipinski definition) is 0. The van der Waals surface area contributed by atoms with Crippen LogP contribution in [0.5, 0.6) is 11.5 Å². The Labute approximate surface area is 253 Å². The van der Waals surface area contributed by atoms with Gasteiger partial charge in [0.25, 0.3) is 5.91 Å². The molecule has 1 heterocycles. The van der Waals surface area contributed by atoms with Gasteiger partial charge in [0.1, 0.15) is 0 Å². The van der Waals surface area contributed by atoms with Gasteiger partial charge >= 0.3 is 5.97 Å². The molecule has 0 aliphatic carbocycles. The molecule has 226 valence electrons. The number of carbonyl (C=O) groups excluding carboxylic acids is 3. The van der Waals surface area contributed by atoms with E-state index in [-0.39, 0.29) is 37.3 Å². The molecule has 43 heavy (non-hydrogen) atoms. The van der Waals surface area contributed by atoms with Crippen LogP contribution >= 0.6 is 0 Å². The van der Waals surface area contributed by atoms with Crippen molar-refractivity contribution >= 4 is 17.8 Å². The molecule has 1 aliphatic rings. The average molecular weight is 585 g/mol. The van der Waals surface area contributed by atoms with Crippen LogP contribution in [-0.2, 0) is 27.3 Å². The molecular formula is C35H40N2O6. The maximum atomic E-state index is 13.4. The van der Waals surface area contributed by atoms with Crippen molar-refractivity contribution in [2.75, 3.05) is 34.4 Å². The molecule has 8 heteroatoms. The van der Waals surface area contributed by atoms with Gasteiger partial charge in [-0.05, 0) is 73.7 Å².